The number of dihydropyridines is 1. The average molecular weight is 522 g/mol. The lowest BCUT2D eigenvalue weighted by molar-refractivity contribution is -0.387. The molecule has 0 aromatic heterocycles. The molecular formula is C24H35N3O6SSi. The SMILES string of the molecule is C=CCON(C1C=C(C2CC2)C(CO[Si](C)(C)C(C)(C)C)=NC1)S(=O)(=O)c1ccccc1[N+](=O)[O-]. The summed E-state index contributed by atoms with van der Waals surface area (Å²) in [5.74, 6) is 0.301. The van der Waals surface area contributed by atoms with Crippen LogP contribution in [0.25, 0.3) is 0 Å². The lowest BCUT2D eigenvalue weighted by Gasteiger charge is -2.37. The normalized spacial score (nSPS) is 19.3. The highest BCUT2D eigenvalue weighted by atomic mass is 32.2. The Labute approximate surface area is 208 Å². The van der Waals surface area contributed by atoms with Crippen molar-refractivity contribution in [1.29, 1.82) is 0 Å². The summed E-state index contributed by atoms with van der Waals surface area (Å²) in [5, 5.41) is 11.6. The van der Waals surface area contributed by atoms with Crippen LogP contribution >= 0.6 is 0 Å². The number of benzene rings is 1. The monoisotopic (exact) mass is 521 g/mol. The largest absolute Gasteiger partial charge is 0.411 e. The molecule has 1 saturated carbocycles. The van der Waals surface area contributed by atoms with Gasteiger partial charge in [-0.2, -0.15) is 0 Å². The van der Waals surface area contributed by atoms with Gasteiger partial charge in [0.1, 0.15) is 0 Å². The molecule has 1 aliphatic heterocycles. The van der Waals surface area contributed by atoms with Crippen molar-refractivity contribution in [2.24, 2.45) is 10.9 Å². The number of sulfonamides is 1. The molecule has 0 spiro atoms. The predicted octanol–water partition coefficient (Wildman–Crippen LogP) is 4.88. The summed E-state index contributed by atoms with van der Waals surface area (Å²) in [7, 11) is -6.36. The summed E-state index contributed by atoms with van der Waals surface area (Å²) in [4.78, 5) is 20.7. The van der Waals surface area contributed by atoms with Crippen LogP contribution in [0.2, 0.25) is 18.1 Å². The van der Waals surface area contributed by atoms with Crippen molar-refractivity contribution >= 4 is 29.7 Å². The van der Waals surface area contributed by atoms with E-state index >= 15 is 0 Å². The van der Waals surface area contributed by atoms with Crippen molar-refractivity contribution in [2.45, 2.75) is 62.7 Å². The first-order valence-electron chi connectivity index (χ1n) is 11.7. The van der Waals surface area contributed by atoms with Crippen molar-refractivity contribution in [3.8, 4) is 0 Å². The second-order valence-electron chi connectivity index (χ2n) is 10.4. The summed E-state index contributed by atoms with van der Waals surface area (Å²) in [5.41, 5.74) is 1.32. The summed E-state index contributed by atoms with van der Waals surface area (Å²) < 4.78 is 34.4. The summed E-state index contributed by atoms with van der Waals surface area (Å²) in [6.45, 7) is 14.9. The molecule has 0 bridgehead atoms. The molecule has 0 N–H and O–H groups in total. The van der Waals surface area contributed by atoms with Gasteiger partial charge in [-0.15, -0.1) is 6.58 Å². The molecule has 1 fully saturated rings. The second-order valence-corrected chi connectivity index (χ2v) is 16.9. The lowest BCUT2D eigenvalue weighted by atomic mass is 10.00. The molecule has 1 aliphatic carbocycles. The van der Waals surface area contributed by atoms with E-state index in [0.29, 0.717) is 12.5 Å². The van der Waals surface area contributed by atoms with Crippen LogP contribution in [0.5, 0.6) is 0 Å². The third-order valence-corrected chi connectivity index (χ3v) is 13.0. The second kappa shape index (κ2) is 10.4. The van der Waals surface area contributed by atoms with E-state index < -0.39 is 39.9 Å². The first-order chi connectivity index (χ1) is 16.3. The van der Waals surface area contributed by atoms with Crippen molar-refractivity contribution in [3.63, 3.8) is 0 Å². The van der Waals surface area contributed by atoms with Gasteiger partial charge in [0.2, 0.25) is 0 Å². The Morgan fingerprint density at radius 1 is 1.29 bits per heavy atom. The Hall–Kier alpha value is -2.18. The van der Waals surface area contributed by atoms with E-state index in [2.05, 4.69) is 40.4 Å². The minimum Gasteiger partial charge on any atom is -0.411 e. The number of rotatable bonds is 11. The van der Waals surface area contributed by atoms with Gasteiger partial charge in [-0.25, -0.2) is 8.42 Å². The summed E-state index contributed by atoms with van der Waals surface area (Å²) >= 11 is 0. The molecule has 0 radical (unpaired) electrons. The van der Waals surface area contributed by atoms with E-state index in [9.17, 15) is 18.5 Å². The van der Waals surface area contributed by atoms with Crippen LogP contribution in [0.15, 0.2) is 58.5 Å². The molecule has 1 aromatic carbocycles. The van der Waals surface area contributed by atoms with Crippen molar-refractivity contribution in [1.82, 2.24) is 4.47 Å². The van der Waals surface area contributed by atoms with E-state index in [0.717, 1.165) is 28.6 Å². The zero-order valence-electron chi connectivity index (χ0n) is 21.1. The maximum atomic E-state index is 13.6. The number of hydrogen-bond acceptors (Lipinski definition) is 7. The predicted molar refractivity (Wildman–Crippen MR) is 138 cm³/mol. The molecule has 1 aromatic rings. The van der Waals surface area contributed by atoms with Crippen molar-refractivity contribution < 1.29 is 22.6 Å². The van der Waals surface area contributed by atoms with Crippen LogP contribution in [-0.2, 0) is 19.3 Å². The molecular weight excluding hydrogens is 486 g/mol. The Morgan fingerprint density at radius 3 is 2.51 bits per heavy atom. The Bertz CT molecular complexity index is 1140. The number of nitro groups is 1. The molecule has 1 heterocycles. The fourth-order valence-electron chi connectivity index (χ4n) is 3.53. The highest BCUT2D eigenvalue weighted by Gasteiger charge is 2.41. The molecule has 35 heavy (non-hydrogen) atoms. The molecule has 9 nitrogen and oxygen atoms in total. The van der Waals surface area contributed by atoms with Gasteiger partial charge in [0.05, 0.1) is 36.4 Å². The van der Waals surface area contributed by atoms with Gasteiger partial charge in [-0.3, -0.25) is 19.9 Å². The fourth-order valence-corrected chi connectivity index (χ4v) is 6.00. The average Bonchev–Trinajstić information content (AvgIpc) is 3.63. The van der Waals surface area contributed by atoms with Crippen LogP contribution in [0.4, 0.5) is 5.69 Å². The van der Waals surface area contributed by atoms with Crippen molar-refractivity contribution in [3.05, 3.63) is 58.7 Å². The Balaban J connectivity index is 1.93. The molecule has 1 unspecified atom stereocenters. The van der Waals surface area contributed by atoms with Gasteiger partial charge in [0, 0.05) is 6.07 Å². The van der Waals surface area contributed by atoms with Gasteiger partial charge >= 0.3 is 0 Å². The van der Waals surface area contributed by atoms with Gasteiger partial charge in [0.25, 0.3) is 15.7 Å². The van der Waals surface area contributed by atoms with Gasteiger partial charge in [-0.1, -0.05) is 49.5 Å². The zero-order valence-corrected chi connectivity index (χ0v) is 22.9. The van der Waals surface area contributed by atoms with Gasteiger partial charge in [0.15, 0.2) is 13.2 Å². The zero-order chi connectivity index (χ0) is 26.0. The van der Waals surface area contributed by atoms with Crippen LogP contribution in [0.3, 0.4) is 0 Å². The van der Waals surface area contributed by atoms with E-state index in [1.165, 1.54) is 30.3 Å². The minimum atomic E-state index is -4.37. The van der Waals surface area contributed by atoms with Gasteiger partial charge in [-0.05, 0) is 48.5 Å². The minimum absolute atomic E-state index is 0.0576. The number of nitrogens with zero attached hydrogens (tertiary/aromatic N) is 3. The Morgan fingerprint density at radius 2 is 1.94 bits per heavy atom. The first kappa shape index (κ1) is 27.4. The van der Waals surface area contributed by atoms with Crippen molar-refractivity contribution in [2.75, 3.05) is 19.8 Å². The summed E-state index contributed by atoms with van der Waals surface area (Å²) in [6.07, 6.45) is 5.31. The highest BCUT2D eigenvalue weighted by molar-refractivity contribution is 7.89. The third kappa shape index (κ3) is 6.15. The van der Waals surface area contributed by atoms with E-state index in [1.807, 2.05) is 6.08 Å². The van der Waals surface area contributed by atoms with Crippen LogP contribution in [-0.4, -0.2) is 57.6 Å². The molecule has 0 saturated heterocycles. The number of para-hydroxylation sites is 1. The summed E-state index contributed by atoms with van der Waals surface area (Å²) in [6, 6.07) is 4.52. The topological polar surface area (TPSA) is 111 Å². The van der Waals surface area contributed by atoms with Crippen LogP contribution in [0.1, 0.15) is 33.6 Å². The molecule has 2 aliphatic rings. The smallest absolute Gasteiger partial charge is 0.289 e. The number of aliphatic imine (C=N–C) groups is 1. The number of nitro benzene ring substituents is 1. The lowest BCUT2D eigenvalue weighted by Crippen LogP contribution is -2.45. The Kier molecular flexibility index (Phi) is 8.17. The van der Waals surface area contributed by atoms with Crippen LogP contribution in [0, 0.1) is 16.0 Å². The van der Waals surface area contributed by atoms with E-state index in [1.54, 1.807) is 0 Å². The quantitative estimate of drug-likeness (QED) is 0.177. The number of hydroxylamine groups is 1. The standard InChI is InChI=1S/C24H35N3O6SSi/c1-7-14-32-27(34(30,31)23-11-9-8-10-22(23)26(28)29)19-15-20(18-12-13-18)21(25-16-19)17-33-35(5,6)24(2,3)4/h7-11,15,18-19H,1,12-14,16-17H2,2-6H3. The van der Waals surface area contributed by atoms with Crippen LogP contribution < -0.4 is 0 Å². The maximum absolute atomic E-state index is 13.6. The van der Waals surface area contributed by atoms with Gasteiger partial charge < -0.3 is 4.43 Å². The molecule has 11 heteroatoms. The third-order valence-electron chi connectivity index (χ3n) is 6.73. The molecule has 192 valence electrons. The molecule has 1 atom stereocenters. The number of hydrogen-bond donors (Lipinski definition) is 0. The van der Waals surface area contributed by atoms with E-state index in [-0.39, 0.29) is 18.2 Å². The fraction of sp³-hybridized carbons (Fsp3) is 0.542. The maximum Gasteiger partial charge on any atom is 0.289 e. The molecule has 0 amide bonds. The highest BCUT2D eigenvalue weighted by Crippen LogP contribution is 2.41. The first-order valence-corrected chi connectivity index (χ1v) is 16.1. The van der Waals surface area contributed by atoms with E-state index in [4.69, 9.17) is 14.3 Å². The molecule has 3 rings (SSSR count).